The van der Waals surface area contributed by atoms with Crippen molar-refractivity contribution in [2.75, 3.05) is 4.90 Å². The minimum atomic E-state index is 0.465. The molecule has 0 atom stereocenters. The third-order valence-electron chi connectivity index (χ3n) is 12.7. The molecular weight excluding hydrogens is 855 g/mol. The number of hydrogen-bond acceptors (Lipinski definition) is 6. The number of fused-ring (bicyclic) bond motifs is 1. The molecule has 12 aromatic rings. The van der Waals surface area contributed by atoms with Crippen LogP contribution in [0, 0.1) is 0 Å². The smallest absolute Gasteiger partial charge is 0.248 e. The first kappa shape index (κ1) is 41.9. The van der Waals surface area contributed by atoms with E-state index in [0.29, 0.717) is 11.8 Å². The van der Waals surface area contributed by atoms with Crippen molar-refractivity contribution >= 4 is 28.1 Å². The van der Waals surface area contributed by atoms with Crippen LogP contribution in [0.25, 0.3) is 101 Å². The molecule has 330 valence electrons. The molecule has 0 radical (unpaired) electrons. The molecule has 0 unspecified atom stereocenters. The normalized spacial score (nSPS) is 11.1. The summed E-state index contributed by atoms with van der Waals surface area (Å²) in [5.74, 6) is 0.951. The summed E-state index contributed by atoms with van der Waals surface area (Å²) in [6.45, 7) is 0. The zero-order valence-electron chi connectivity index (χ0n) is 38.0. The van der Waals surface area contributed by atoms with Crippen LogP contribution in [-0.2, 0) is 0 Å². The van der Waals surface area contributed by atoms with Crippen molar-refractivity contribution in [3.63, 3.8) is 0 Å². The van der Waals surface area contributed by atoms with Gasteiger partial charge in [0.05, 0.1) is 22.4 Å². The molecule has 0 fully saturated rings. The highest BCUT2D eigenvalue weighted by Crippen LogP contribution is 2.42. The van der Waals surface area contributed by atoms with Gasteiger partial charge in [0.1, 0.15) is 0 Å². The number of hydrogen-bond donors (Lipinski definition) is 0. The van der Waals surface area contributed by atoms with Crippen LogP contribution >= 0.6 is 0 Å². The fraction of sp³-hybridized carbons (Fsp3) is 0. The molecule has 0 saturated carbocycles. The van der Waals surface area contributed by atoms with Crippen molar-refractivity contribution in [3.8, 4) is 89.9 Å². The molecule has 2 aromatic heterocycles. The fourth-order valence-electron chi connectivity index (χ4n) is 9.13. The van der Waals surface area contributed by atoms with Gasteiger partial charge >= 0.3 is 0 Å². The lowest BCUT2D eigenvalue weighted by atomic mass is 9.94. The highest BCUT2D eigenvalue weighted by atomic mass is 16.4. The van der Waals surface area contributed by atoms with E-state index >= 15 is 0 Å². The first-order valence-corrected chi connectivity index (χ1v) is 23.4. The monoisotopic (exact) mass is 897 g/mol. The van der Waals surface area contributed by atoms with Crippen LogP contribution in [0.1, 0.15) is 0 Å². The van der Waals surface area contributed by atoms with Gasteiger partial charge in [-0.25, -0.2) is 9.97 Å². The fourth-order valence-corrected chi connectivity index (χ4v) is 9.13. The molecule has 10 aromatic carbocycles. The summed E-state index contributed by atoms with van der Waals surface area (Å²) in [5.41, 5.74) is 18.8. The average molecular weight is 898 g/mol. The first-order chi connectivity index (χ1) is 34.7. The van der Waals surface area contributed by atoms with Crippen molar-refractivity contribution in [2.45, 2.75) is 0 Å². The zero-order valence-corrected chi connectivity index (χ0v) is 38.0. The molecule has 2 heterocycles. The lowest BCUT2D eigenvalue weighted by molar-refractivity contribution is 0.584. The third-order valence-corrected chi connectivity index (χ3v) is 12.7. The summed E-state index contributed by atoms with van der Waals surface area (Å²) in [4.78, 5) is 13.6. The minimum Gasteiger partial charge on any atom is -0.416 e. The number of rotatable bonds is 11. The molecule has 12 rings (SSSR count). The SMILES string of the molecule is c1ccc(-c2ccc(-c3ccc(-c4ccc(-c5ccccc5)cc4)c4nc(-c5ccc(N(c6ccccc6)c6ccc(-c7nnc(-c8ccccc8)o7)cc6)cc5)c(-c5ccccc5)nc34)cc2)cc1. The number of para-hydroxylation sites is 1. The van der Waals surface area contributed by atoms with Crippen LogP contribution in [0.3, 0.4) is 0 Å². The van der Waals surface area contributed by atoms with Gasteiger partial charge in [0, 0.05) is 50.4 Å². The molecule has 6 nitrogen and oxygen atoms in total. The maximum Gasteiger partial charge on any atom is 0.248 e. The lowest BCUT2D eigenvalue weighted by Gasteiger charge is -2.26. The van der Waals surface area contributed by atoms with Gasteiger partial charge in [0.15, 0.2) is 0 Å². The second-order valence-electron chi connectivity index (χ2n) is 17.1. The Morgan fingerprint density at radius 1 is 0.243 bits per heavy atom. The van der Waals surface area contributed by atoms with Crippen molar-refractivity contribution in [3.05, 3.63) is 261 Å². The summed E-state index contributed by atoms with van der Waals surface area (Å²) < 4.78 is 6.10. The van der Waals surface area contributed by atoms with E-state index in [1.165, 1.54) is 11.1 Å². The van der Waals surface area contributed by atoms with Crippen LogP contribution in [0.4, 0.5) is 17.1 Å². The van der Waals surface area contributed by atoms with E-state index < -0.39 is 0 Å². The number of benzene rings is 10. The molecule has 0 spiro atoms. The highest BCUT2D eigenvalue weighted by Gasteiger charge is 2.21. The topological polar surface area (TPSA) is 67.9 Å². The van der Waals surface area contributed by atoms with Gasteiger partial charge in [-0.05, 0) is 94.0 Å². The maximum atomic E-state index is 6.10. The number of nitrogens with zero attached hydrogens (tertiary/aromatic N) is 5. The van der Waals surface area contributed by atoms with Gasteiger partial charge in [-0.1, -0.05) is 200 Å². The van der Waals surface area contributed by atoms with Crippen LogP contribution in [-0.4, -0.2) is 20.2 Å². The molecule has 0 aliphatic rings. The van der Waals surface area contributed by atoms with E-state index in [1.807, 2.05) is 66.7 Å². The van der Waals surface area contributed by atoms with Gasteiger partial charge in [0.2, 0.25) is 11.8 Å². The minimum absolute atomic E-state index is 0.465. The molecule has 0 amide bonds. The molecule has 0 bridgehead atoms. The predicted molar refractivity (Wildman–Crippen MR) is 286 cm³/mol. The Hall–Kier alpha value is -9.52. The Balaban J connectivity index is 0.969. The standard InChI is InChI=1S/C64H43N5O/c1-6-16-44(17-7-1)46-26-30-48(31-27-46)57-42-43-58(49-32-28-47(29-33-49)45-18-8-2-9-19-45)62-61(57)65-59(50-20-10-3-11-21-50)60(66-62)51-34-38-55(39-35-51)69(54-24-14-5-15-25-54)56-40-36-53(37-41-56)64-68-67-63(70-64)52-22-12-4-13-23-52/h1-43H. The third kappa shape index (κ3) is 8.31. The molecule has 70 heavy (non-hydrogen) atoms. The Labute approximate surface area is 406 Å². The Morgan fingerprint density at radius 2 is 0.529 bits per heavy atom. The predicted octanol–water partition coefficient (Wildman–Crippen LogP) is 16.8. The van der Waals surface area contributed by atoms with Crippen LogP contribution < -0.4 is 4.90 Å². The van der Waals surface area contributed by atoms with Gasteiger partial charge in [-0.2, -0.15) is 0 Å². The Bertz CT molecular complexity index is 3700. The van der Waals surface area contributed by atoms with Gasteiger partial charge in [0.25, 0.3) is 0 Å². The maximum absolute atomic E-state index is 6.10. The average Bonchev–Trinajstić information content (AvgIpc) is 3.95. The van der Waals surface area contributed by atoms with E-state index in [2.05, 4.69) is 209 Å². The summed E-state index contributed by atoms with van der Waals surface area (Å²) >= 11 is 0. The molecule has 0 aliphatic carbocycles. The van der Waals surface area contributed by atoms with Gasteiger partial charge in [-0.3, -0.25) is 0 Å². The quantitative estimate of drug-likeness (QED) is 0.129. The van der Waals surface area contributed by atoms with Crippen LogP contribution in [0.5, 0.6) is 0 Å². The van der Waals surface area contributed by atoms with Gasteiger partial charge < -0.3 is 9.32 Å². The van der Waals surface area contributed by atoms with E-state index in [4.69, 9.17) is 14.4 Å². The van der Waals surface area contributed by atoms with E-state index in [-0.39, 0.29) is 0 Å². The molecular formula is C64H43N5O. The zero-order chi connectivity index (χ0) is 46.6. The molecule has 0 aliphatic heterocycles. The van der Waals surface area contributed by atoms with Crippen molar-refractivity contribution in [1.29, 1.82) is 0 Å². The molecule has 0 N–H and O–H groups in total. The lowest BCUT2D eigenvalue weighted by Crippen LogP contribution is -2.09. The van der Waals surface area contributed by atoms with Gasteiger partial charge in [-0.15, -0.1) is 10.2 Å². The second kappa shape index (κ2) is 18.6. The van der Waals surface area contributed by atoms with E-state index in [9.17, 15) is 0 Å². The highest BCUT2D eigenvalue weighted by molar-refractivity contribution is 6.03. The summed E-state index contributed by atoms with van der Waals surface area (Å²) in [6, 6.07) is 90.4. The molecule has 6 heteroatoms. The summed E-state index contributed by atoms with van der Waals surface area (Å²) in [7, 11) is 0. The van der Waals surface area contributed by atoms with E-state index in [1.54, 1.807) is 0 Å². The first-order valence-electron chi connectivity index (χ1n) is 23.4. The van der Waals surface area contributed by atoms with Crippen molar-refractivity contribution in [2.24, 2.45) is 0 Å². The number of aromatic nitrogens is 4. The summed E-state index contributed by atoms with van der Waals surface area (Å²) in [5, 5.41) is 8.69. The second-order valence-corrected chi connectivity index (χ2v) is 17.1. The largest absolute Gasteiger partial charge is 0.416 e. The Morgan fingerprint density at radius 3 is 0.957 bits per heavy atom. The van der Waals surface area contributed by atoms with Crippen LogP contribution in [0.2, 0.25) is 0 Å². The van der Waals surface area contributed by atoms with Crippen LogP contribution in [0.15, 0.2) is 265 Å². The van der Waals surface area contributed by atoms with Crippen molar-refractivity contribution in [1.82, 2.24) is 20.2 Å². The number of anilines is 3. The Kier molecular flexibility index (Phi) is 11.1. The molecule has 0 saturated heterocycles. The van der Waals surface area contributed by atoms with E-state index in [0.717, 1.165) is 95.1 Å². The summed E-state index contributed by atoms with van der Waals surface area (Å²) in [6.07, 6.45) is 0. The van der Waals surface area contributed by atoms with Crippen molar-refractivity contribution < 1.29 is 4.42 Å².